The Hall–Kier alpha value is -1.40. The first-order valence-corrected chi connectivity index (χ1v) is 6.21. The van der Waals surface area contributed by atoms with Crippen LogP contribution in [0.5, 0.6) is 0 Å². The molecule has 1 aromatic rings. The minimum absolute atomic E-state index is 0.103. The lowest BCUT2D eigenvalue weighted by Gasteiger charge is -2.10. The Balaban J connectivity index is 2.05. The Morgan fingerprint density at radius 1 is 1.61 bits per heavy atom. The molecule has 18 heavy (non-hydrogen) atoms. The fourth-order valence-corrected chi connectivity index (χ4v) is 2.53. The molecule has 3 heterocycles. The van der Waals surface area contributed by atoms with Crippen LogP contribution in [-0.4, -0.2) is 17.5 Å². The molecule has 3 rings (SSSR count). The standard InChI is InChI=1S/C12H14N2O3S/c1-12-4-2-3-7(13)14-11-8(6(18)5-16-11)9(15)10(12)17-12/h3,5,10,14,18H,2,4,13H2,1H3. The maximum Gasteiger partial charge on any atom is 0.210 e. The van der Waals surface area contributed by atoms with Crippen LogP contribution in [0.2, 0.25) is 0 Å². The van der Waals surface area contributed by atoms with Crippen molar-refractivity contribution in [3.63, 3.8) is 0 Å². The summed E-state index contributed by atoms with van der Waals surface area (Å²) in [7, 11) is 0. The number of carbonyl (C=O) groups is 1. The van der Waals surface area contributed by atoms with Crippen molar-refractivity contribution in [2.24, 2.45) is 5.73 Å². The van der Waals surface area contributed by atoms with Gasteiger partial charge in [-0.1, -0.05) is 0 Å². The number of hydrogen-bond acceptors (Lipinski definition) is 6. The predicted molar refractivity (Wildman–Crippen MR) is 68.7 cm³/mol. The van der Waals surface area contributed by atoms with Crippen molar-refractivity contribution in [1.29, 1.82) is 0 Å². The van der Waals surface area contributed by atoms with Gasteiger partial charge >= 0.3 is 0 Å². The van der Waals surface area contributed by atoms with Gasteiger partial charge in [-0.05, 0) is 25.8 Å². The van der Waals surface area contributed by atoms with Gasteiger partial charge in [0, 0.05) is 0 Å². The van der Waals surface area contributed by atoms with Gasteiger partial charge < -0.3 is 20.2 Å². The van der Waals surface area contributed by atoms with E-state index in [1.165, 1.54) is 6.26 Å². The van der Waals surface area contributed by atoms with Gasteiger partial charge in [-0.3, -0.25) is 4.79 Å². The molecule has 5 nitrogen and oxygen atoms in total. The average Bonchev–Trinajstić information content (AvgIpc) is 2.84. The molecule has 1 saturated heterocycles. The largest absolute Gasteiger partial charge is 0.447 e. The Labute approximate surface area is 110 Å². The summed E-state index contributed by atoms with van der Waals surface area (Å²) in [6.07, 6.45) is 4.40. The summed E-state index contributed by atoms with van der Waals surface area (Å²) in [4.78, 5) is 12.8. The molecular formula is C12H14N2O3S. The van der Waals surface area contributed by atoms with Crippen molar-refractivity contribution < 1.29 is 13.9 Å². The zero-order valence-electron chi connectivity index (χ0n) is 9.90. The number of ether oxygens (including phenoxy) is 1. The highest BCUT2D eigenvalue weighted by atomic mass is 32.1. The first-order chi connectivity index (χ1) is 8.51. The number of thiol groups is 1. The molecule has 1 fully saturated rings. The SMILES string of the molecule is CC12CCC=C(N)Nc3occ(S)c3C(=O)C1O2. The van der Waals surface area contributed by atoms with E-state index in [4.69, 9.17) is 14.9 Å². The van der Waals surface area contributed by atoms with Gasteiger partial charge in [-0.15, -0.1) is 12.6 Å². The molecule has 3 N–H and O–H groups in total. The van der Waals surface area contributed by atoms with Gasteiger partial charge in [-0.25, -0.2) is 0 Å². The highest BCUT2D eigenvalue weighted by Gasteiger charge is 2.57. The Kier molecular flexibility index (Phi) is 2.46. The fraction of sp³-hybridized carbons (Fsp3) is 0.417. The number of Topliss-reactive ketones (excluding diaryl/α,β-unsaturated/α-hetero) is 1. The lowest BCUT2D eigenvalue weighted by Crippen LogP contribution is -2.21. The summed E-state index contributed by atoms with van der Waals surface area (Å²) < 4.78 is 10.8. The molecule has 2 unspecified atom stereocenters. The monoisotopic (exact) mass is 266 g/mol. The van der Waals surface area contributed by atoms with Crippen LogP contribution in [-0.2, 0) is 4.74 Å². The molecule has 6 heteroatoms. The summed E-state index contributed by atoms with van der Waals surface area (Å²) in [5.41, 5.74) is 5.83. The zero-order chi connectivity index (χ0) is 12.9. The van der Waals surface area contributed by atoms with Gasteiger partial charge in [0.2, 0.25) is 11.7 Å². The second-order valence-electron chi connectivity index (χ2n) is 4.82. The molecule has 0 amide bonds. The van der Waals surface area contributed by atoms with E-state index in [0.29, 0.717) is 22.2 Å². The van der Waals surface area contributed by atoms with Gasteiger partial charge in [0.25, 0.3) is 0 Å². The van der Waals surface area contributed by atoms with Crippen molar-refractivity contribution >= 4 is 24.3 Å². The quantitative estimate of drug-likeness (QED) is 0.494. The minimum atomic E-state index is -0.408. The van der Waals surface area contributed by atoms with E-state index in [9.17, 15) is 4.79 Å². The summed E-state index contributed by atoms with van der Waals surface area (Å²) in [6, 6.07) is 0. The average molecular weight is 266 g/mol. The van der Waals surface area contributed by atoms with Crippen molar-refractivity contribution in [3.05, 3.63) is 23.7 Å². The number of nitrogens with one attached hydrogen (secondary N) is 1. The summed E-state index contributed by atoms with van der Waals surface area (Å²) in [5.74, 6) is 0.696. The van der Waals surface area contributed by atoms with E-state index in [1.807, 2.05) is 13.0 Å². The zero-order valence-corrected chi connectivity index (χ0v) is 10.8. The molecule has 0 bridgehead atoms. The van der Waals surface area contributed by atoms with E-state index in [0.717, 1.165) is 12.8 Å². The second kappa shape index (κ2) is 3.80. The molecule has 0 saturated carbocycles. The third kappa shape index (κ3) is 1.72. The predicted octanol–water partition coefficient (Wildman–Crippen LogP) is 1.91. The number of carbonyl (C=O) groups excluding carboxylic acids is 1. The number of nitrogens with two attached hydrogens (primary N) is 1. The molecule has 1 aromatic heterocycles. The molecule has 0 aromatic carbocycles. The third-order valence-corrected chi connectivity index (χ3v) is 3.73. The number of furan rings is 1. The lowest BCUT2D eigenvalue weighted by atomic mass is 9.96. The maximum absolute atomic E-state index is 12.4. The lowest BCUT2D eigenvalue weighted by molar-refractivity contribution is 0.0951. The molecule has 2 atom stereocenters. The first-order valence-electron chi connectivity index (χ1n) is 5.76. The van der Waals surface area contributed by atoms with Crippen LogP contribution in [0.1, 0.15) is 30.1 Å². The first kappa shape index (κ1) is 11.7. The van der Waals surface area contributed by atoms with E-state index in [2.05, 4.69) is 17.9 Å². The number of ketones is 1. The summed E-state index contributed by atoms with van der Waals surface area (Å²) >= 11 is 4.24. The van der Waals surface area contributed by atoms with Crippen LogP contribution in [0.25, 0.3) is 0 Å². The second-order valence-corrected chi connectivity index (χ2v) is 5.30. The van der Waals surface area contributed by atoms with Crippen molar-refractivity contribution in [3.8, 4) is 0 Å². The van der Waals surface area contributed by atoms with Crippen LogP contribution in [0.4, 0.5) is 5.88 Å². The number of hydrogen-bond donors (Lipinski definition) is 3. The Morgan fingerprint density at radius 3 is 3.17 bits per heavy atom. The van der Waals surface area contributed by atoms with Crippen molar-refractivity contribution in [1.82, 2.24) is 0 Å². The van der Waals surface area contributed by atoms with Crippen molar-refractivity contribution in [2.75, 3.05) is 5.32 Å². The van der Waals surface area contributed by atoms with Crippen LogP contribution < -0.4 is 11.1 Å². The van der Waals surface area contributed by atoms with E-state index in [-0.39, 0.29) is 11.4 Å². The molecule has 0 aliphatic carbocycles. The van der Waals surface area contributed by atoms with Crippen LogP contribution in [0, 0.1) is 0 Å². The topological polar surface area (TPSA) is 80.8 Å². The van der Waals surface area contributed by atoms with Crippen LogP contribution in [0.3, 0.4) is 0 Å². The number of anilines is 1. The number of fused-ring (bicyclic) bond motifs is 2. The van der Waals surface area contributed by atoms with Gasteiger partial charge in [0.05, 0.1) is 16.3 Å². The van der Waals surface area contributed by atoms with E-state index in [1.54, 1.807) is 0 Å². The fourth-order valence-electron chi connectivity index (χ4n) is 2.26. The molecular weight excluding hydrogens is 252 g/mol. The highest BCUT2D eigenvalue weighted by molar-refractivity contribution is 7.80. The third-order valence-electron chi connectivity index (χ3n) is 3.40. The minimum Gasteiger partial charge on any atom is -0.447 e. The van der Waals surface area contributed by atoms with Gasteiger partial charge in [0.15, 0.2) is 6.10 Å². The number of epoxide rings is 1. The number of rotatable bonds is 0. The van der Waals surface area contributed by atoms with Gasteiger partial charge in [0.1, 0.15) is 11.9 Å². The Morgan fingerprint density at radius 2 is 2.39 bits per heavy atom. The smallest absolute Gasteiger partial charge is 0.210 e. The Bertz CT molecular complexity index is 552. The molecule has 0 radical (unpaired) electrons. The maximum atomic E-state index is 12.4. The van der Waals surface area contributed by atoms with E-state index < -0.39 is 6.10 Å². The molecule has 0 spiro atoms. The highest BCUT2D eigenvalue weighted by Crippen LogP contribution is 2.44. The van der Waals surface area contributed by atoms with Crippen LogP contribution >= 0.6 is 12.6 Å². The van der Waals surface area contributed by atoms with Gasteiger partial charge in [-0.2, -0.15) is 0 Å². The normalized spacial score (nSPS) is 30.9. The van der Waals surface area contributed by atoms with E-state index >= 15 is 0 Å². The summed E-state index contributed by atoms with van der Waals surface area (Å²) in [6.45, 7) is 1.94. The molecule has 2 aliphatic rings. The van der Waals surface area contributed by atoms with Crippen LogP contribution in [0.15, 0.2) is 27.5 Å². The summed E-state index contributed by atoms with van der Waals surface area (Å²) in [5, 5.41) is 2.88. The number of allylic oxidation sites excluding steroid dienone is 1. The van der Waals surface area contributed by atoms with Crippen molar-refractivity contribution in [2.45, 2.75) is 36.4 Å². The molecule has 2 aliphatic heterocycles. The molecule has 96 valence electrons.